The number of hydrogen-bond acceptors (Lipinski definition) is 2. The second kappa shape index (κ2) is 4.97. The van der Waals surface area contributed by atoms with E-state index in [0.29, 0.717) is 0 Å². The lowest BCUT2D eigenvalue weighted by Crippen LogP contribution is -2.22. The van der Waals surface area contributed by atoms with Gasteiger partial charge in [0.25, 0.3) is 0 Å². The zero-order valence-corrected chi connectivity index (χ0v) is 11.9. The Bertz CT molecular complexity index is 455. The third-order valence-corrected chi connectivity index (χ3v) is 4.15. The summed E-state index contributed by atoms with van der Waals surface area (Å²) in [7, 11) is 1.74. The van der Waals surface area contributed by atoms with E-state index in [9.17, 15) is 4.79 Å². The first kappa shape index (κ1) is 14.1. The predicted molar refractivity (Wildman–Crippen MR) is 74.5 cm³/mol. The Morgan fingerprint density at radius 1 is 1.32 bits per heavy atom. The summed E-state index contributed by atoms with van der Waals surface area (Å²) in [4.78, 5) is 10.9. The largest absolute Gasteiger partial charge is 0.481 e. The SMILES string of the molecule is COCC1(c2ccc(C(C)(C)CC(=O)O)cc2)CC1. The number of rotatable bonds is 6. The van der Waals surface area contributed by atoms with Gasteiger partial charge in [-0.1, -0.05) is 38.1 Å². The van der Waals surface area contributed by atoms with E-state index in [1.54, 1.807) is 7.11 Å². The fourth-order valence-electron chi connectivity index (χ4n) is 2.70. The Labute approximate surface area is 114 Å². The first-order valence-corrected chi connectivity index (χ1v) is 6.71. The number of hydrogen-bond donors (Lipinski definition) is 1. The molecular weight excluding hydrogens is 240 g/mol. The molecule has 0 heterocycles. The van der Waals surface area contributed by atoms with Crippen LogP contribution in [-0.2, 0) is 20.4 Å². The van der Waals surface area contributed by atoms with Crippen LogP contribution in [0, 0.1) is 0 Å². The molecule has 0 unspecified atom stereocenters. The van der Waals surface area contributed by atoms with Crippen LogP contribution in [0.5, 0.6) is 0 Å². The zero-order valence-electron chi connectivity index (χ0n) is 11.9. The molecular formula is C16H22O3. The van der Waals surface area contributed by atoms with Gasteiger partial charge in [0.2, 0.25) is 0 Å². The minimum atomic E-state index is -0.757. The summed E-state index contributed by atoms with van der Waals surface area (Å²) in [6, 6.07) is 8.39. The van der Waals surface area contributed by atoms with E-state index >= 15 is 0 Å². The van der Waals surface area contributed by atoms with Crippen molar-refractivity contribution in [2.24, 2.45) is 0 Å². The van der Waals surface area contributed by atoms with Crippen LogP contribution in [0.4, 0.5) is 0 Å². The summed E-state index contributed by atoms with van der Waals surface area (Å²) >= 11 is 0. The van der Waals surface area contributed by atoms with Gasteiger partial charge in [0.1, 0.15) is 0 Å². The Morgan fingerprint density at radius 2 is 1.89 bits per heavy atom. The summed E-state index contributed by atoms with van der Waals surface area (Å²) in [5.74, 6) is -0.757. The quantitative estimate of drug-likeness (QED) is 0.856. The smallest absolute Gasteiger partial charge is 0.304 e. The highest BCUT2D eigenvalue weighted by atomic mass is 16.5. The number of aliphatic carboxylic acids is 1. The van der Waals surface area contributed by atoms with Crippen molar-refractivity contribution in [2.75, 3.05) is 13.7 Å². The zero-order chi connectivity index (χ0) is 14.1. The molecule has 1 aliphatic carbocycles. The highest BCUT2D eigenvalue weighted by Gasteiger charge is 2.44. The molecule has 0 bridgehead atoms. The molecule has 1 aromatic carbocycles. The van der Waals surface area contributed by atoms with Crippen LogP contribution in [-0.4, -0.2) is 24.8 Å². The van der Waals surface area contributed by atoms with Crippen molar-refractivity contribution in [3.05, 3.63) is 35.4 Å². The molecule has 19 heavy (non-hydrogen) atoms. The van der Waals surface area contributed by atoms with E-state index in [0.717, 1.165) is 12.2 Å². The van der Waals surface area contributed by atoms with Crippen LogP contribution in [0.15, 0.2) is 24.3 Å². The van der Waals surface area contributed by atoms with Crippen molar-refractivity contribution in [2.45, 2.75) is 43.9 Å². The minimum Gasteiger partial charge on any atom is -0.481 e. The Morgan fingerprint density at radius 3 is 2.32 bits per heavy atom. The third-order valence-electron chi connectivity index (χ3n) is 4.15. The fraction of sp³-hybridized carbons (Fsp3) is 0.562. The standard InChI is InChI=1S/C16H22O3/c1-15(2,10-14(17)18)12-4-6-13(7-5-12)16(8-9-16)11-19-3/h4-7H,8-11H2,1-3H3,(H,17,18). The number of carboxylic acids is 1. The molecule has 0 aliphatic heterocycles. The van der Waals surface area contributed by atoms with Crippen LogP contribution in [0.3, 0.4) is 0 Å². The first-order chi connectivity index (χ1) is 8.89. The number of benzene rings is 1. The lowest BCUT2D eigenvalue weighted by molar-refractivity contribution is -0.138. The van der Waals surface area contributed by atoms with E-state index in [-0.39, 0.29) is 17.3 Å². The molecule has 0 aromatic heterocycles. The lowest BCUT2D eigenvalue weighted by Gasteiger charge is -2.24. The van der Waals surface area contributed by atoms with Crippen molar-refractivity contribution in [3.63, 3.8) is 0 Å². The van der Waals surface area contributed by atoms with Crippen molar-refractivity contribution < 1.29 is 14.6 Å². The monoisotopic (exact) mass is 262 g/mol. The normalized spacial score (nSPS) is 17.2. The second-order valence-corrected chi connectivity index (χ2v) is 6.25. The molecule has 1 saturated carbocycles. The maximum Gasteiger partial charge on any atom is 0.304 e. The molecule has 1 aliphatic rings. The molecule has 104 valence electrons. The average Bonchev–Trinajstić information content (AvgIpc) is 3.09. The van der Waals surface area contributed by atoms with Gasteiger partial charge in [-0.2, -0.15) is 0 Å². The fourth-order valence-corrected chi connectivity index (χ4v) is 2.70. The summed E-state index contributed by atoms with van der Waals surface area (Å²) in [6.07, 6.45) is 2.51. The van der Waals surface area contributed by atoms with Crippen molar-refractivity contribution in [1.29, 1.82) is 0 Å². The van der Waals surface area contributed by atoms with Crippen molar-refractivity contribution in [3.8, 4) is 0 Å². The van der Waals surface area contributed by atoms with Gasteiger partial charge in [0.15, 0.2) is 0 Å². The van der Waals surface area contributed by atoms with Gasteiger partial charge in [-0.3, -0.25) is 4.79 Å². The van der Waals surface area contributed by atoms with E-state index in [1.165, 1.54) is 18.4 Å². The van der Waals surface area contributed by atoms with Crippen LogP contribution in [0.25, 0.3) is 0 Å². The number of carbonyl (C=O) groups is 1. The predicted octanol–water partition coefficient (Wildman–Crippen LogP) is 3.12. The molecule has 0 radical (unpaired) electrons. The molecule has 0 amide bonds. The van der Waals surface area contributed by atoms with Crippen LogP contribution in [0.1, 0.15) is 44.2 Å². The van der Waals surface area contributed by atoms with Gasteiger partial charge in [-0.15, -0.1) is 0 Å². The van der Waals surface area contributed by atoms with E-state index in [2.05, 4.69) is 24.3 Å². The van der Waals surface area contributed by atoms with Crippen molar-refractivity contribution >= 4 is 5.97 Å². The summed E-state index contributed by atoms with van der Waals surface area (Å²) in [6.45, 7) is 4.71. The van der Waals surface area contributed by atoms with Crippen molar-refractivity contribution in [1.82, 2.24) is 0 Å². The second-order valence-electron chi connectivity index (χ2n) is 6.25. The van der Waals surface area contributed by atoms with Crippen LogP contribution < -0.4 is 0 Å². The Hall–Kier alpha value is -1.35. The van der Waals surface area contributed by atoms with Gasteiger partial charge in [-0.05, 0) is 24.0 Å². The van der Waals surface area contributed by atoms with E-state index < -0.39 is 5.97 Å². The maximum atomic E-state index is 10.9. The van der Waals surface area contributed by atoms with E-state index in [1.807, 2.05) is 13.8 Å². The molecule has 1 fully saturated rings. The van der Waals surface area contributed by atoms with Gasteiger partial charge < -0.3 is 9.84 Å². The molecule has 0 spiro atoms. The maximum absolute atomic E-state index is 10.9. The summed E-state index contributed by atoms with van der Waals surface area (Å²) < 4.78 is 5.30. The Balaban J connectivity index is 2.17. The highest BCUT2D eigenvalue weighted by molar-refractivity contribution is 5.68. The molecule has 0 saturated heterocycles. The minimum absolute atomic E-state index is 0.148. The van der Waals surface area contributed by atoms with E-state index in [4.69, 9.17) is 9.84 Å². The molecule has 2 rings (SSSR count). The summed E-state index contributed by atoms with van der Waals surface area (Å²) in [5, 5.41) is 8.96. The van der Waals surface area contributed by atoms with Gasteiger partial charge in [-0.25, -0.2) is 0 Å². The van der Waals surface area contributed by atoms with Gasteiger partial charge in [0, 0.05) is 17.9 Å². The molecule has 3 nitrogen and oxygen atoms in total. The summed E-state index contributed by atoms with van der Waals surface area (Å²) in [5.41, 5.74) is 2.27. The Kier molecular flexibility index (Phi) is 3.68. The van der Waals surface area contributed by atoms with Gasteiger partial charge in [0.05, 0.1) is 13.0 Å². The molecule has 1 N–H and O–H groups in total. The van der Waals surface area contributed by atoms with Gasteiger partial charge >= 0.3 is 5.97 Å². The molecule has 1 aromatic rings. The first-order valence-electron chi connectivity index (χ1n) is 6.71. The highest BCUT2D eigenvalue weighted by Crippen LogP contribution is 2.48. The van der Waals surface area contributed by atoms with Crippen LogP contribution in [0.2, 0.25) is 0 Å². The van der Waals surface area contributed by atoms with Crippen LogP contribution >= 0.6 is 0 Å². The average molecular weight is 262 g/mol. The number of ether oxygens (including phenoxy) is 1. The third kappa shape index (κ3) is 2.98. The number of methoxy groups -OCH3 is 1. The molecule has 3 heteroatoms. The number of carboxylic acid groups (broad SMARTS) is 1. The topological polar surface area (TPSA) is 46.5 Å². The molecule has 0 atom stereocenters. The lowest BCUT2D eigenvalue weighted by atomic mass is 9.80.